The molecule has 1 N–H and O–H groups in total. The predicted molar refractivity (Wildman–Crippen MR) is 52.7 cm³/mol. The second-order valence-corrected chi connectivity index (χ2v) is 3.09. The third kappa shape index (κ3) is 2.60. The molecular formula is C10H15NO3. The Morgan fingerprint density at radius 1 is 1.43 bits per heavy atom. The Hall–Kier alpha value is -1.29. The van der Waals surface area contributed by atoms with Gasteiger partial charge in [0.25, 0.3) is 0 Å². The van der Waals surface area contributed by atoms with Crippen LogP contribution in [-0.2, 0) is 6.42 Å². The molecule has 0 aromatic carbocycles. The van der Waals surface area contributed by atoms with Crippen LogP contribution in [0.1, 0.15) is 12.5 Å². The van der Waals surface area contributed by atoms with E-state index in [9.17, 15) is 5.11 Å². The fourth-order valence-corrected chi connectivity index (χ4v) is 1.24. The van der Waals surface area contributed by atoms with Crippen LogP contribution in [0.25, 0.3) is 0 Å². The lowest BCUT2D eigenvalue weighted by molar-refractivity contribution is 0.194. The summed E-state index contributed by atoms with van der Waals surface area (Å²) in [6.07, 6.45) is 1.72. The highest BCUT2D eigenvalue weighted by molar-refractivity contribution is 5.35. The Kier molecular flexibility index (Phi) is 3.71. The van der Waals surface area contributed by atoms with Gasteiger partial charge in [-0.2, -0.15) is 0 Å². The van der Waals surface area contributed by atoms with Crippen LogP contribution in [0.4, 0.5) is 0 Å². The van der Waals surface area contributed by atoms with E-state index in [0.717, 1.165) is 5.56 Å². The summed E-state index contributed by atoms with van der Waals surface area (Å²) < 4.78 is 10.1. The van der Waals surface area contributed by atoms with Crippen molar-refractivity contribution >= 4 is 0 Å². The predicted octanol–water partition coefficient (Wildman–Crippen LogP) is 1.02. The quantitative estimate of drug-likeness (QED) is 0.783. The van der Waals surface area contributed by atoms with E-state index in [1.165, 1.54) is 0 Å². The number of methoxy groups -OCH3 is 2. The Morgan fingerprint density at radius 2 is 2.14 bits per heavy atom. The van der Waals surface area contributed by atoms with Crippen LogP contribution in [0.5, 0.6) is 11.6 Å². The largest absolute Gasteiger partial charge is 0.495 e. The maximum absolute atomic E-state index is 9.27. The highest BCUT2D eigenvalue weighted by atomic mass is 16.5. The number of nitrogens with zero attached hydrogens (tertiary/aromatic N) is 1. The van der Waals surface area contributed by atoms with Crippen molar-refractivity contribution in [1.82, 2.24) is 4.98 Å². The maximum Gasteiger partial charge on any atom is 0.213 e. The number of rotatable bonds is 4. The lowest BCUT2D eigenvalue weighted by Gasteiger charge is -2.10. The average Bonchev–Trinajstić information content (AvgIpc) is 2.16. The smallest absolute Gasteiger partial charge is 0.213 e. The van der Waals surface area contributed by atoms with Crippen molar-refractivity contribution in [3.63, 3.8) is 0 Å². The van der Waals surface area contributed by atoms with Crippen molar-refractivity contribution in [3.05, 3.63) is 17.8 Å². The van der Waals surface area contributed by atoms with E-state index >= 15 is 0 Å². The van der Waals surface area contributed by atoms with Crippen molar-refractivity contribution in [2.24, 2.45) is 0 Å². The molecule has 0 saturated carbocycles. The van der Waals surface area contributed by atoms with E-state index in [2.05, 4.69) is 4.98 Å². The van der Waals surface area contributed by atoms with E-state index in [-0.39, 0.29) is 0 Å². The monoisotopic (exact) mass is 197 g/mol. The molecule has 1 atom stereocenters. The molecule has 0 amide bonds. The van der Waals surface area contributed by atoms with Gasteiger partial charge in [0.15, 0.2) is 0 Å². The van der Waals surface area contributed by atoms with E-state index in [0.29, 0.717) is 18.1 Å². The molecule has 4 nitrogen and oxygen atoms in total. The van der Waals surface area contributed by atoms with Gasteiger partial charge in [-0.25, -0.2) is 4.98 Å². The zero-order valence-electron chi connectivity index (χ0n) is 8.65. The van der Waals surface area contributed by atoms with Gasteiger partial charge >= 0.3 is 0 Å². The van der Waals surface area contributed by atoms with Crippen LogP contribution in [0.15, 0.2) is 12.3 Å². The first-order valence-electron chi connectivity index (χ1n) is 4.42. The van der Waals surface area contributed by atoms with Gasteiger partial charge in [0.05, 0.1) is 26.5 Å². The molecule has 4 heteroatoms. The summed E-state index contributed by atoms with van der Waals surface area (Å²) >= 11 is 0. The molecule has 1 aromatic rings. The lowest BCUT2D eigenvalue weighted by atomic mass is 10.1. The van der Waals surface area contributed by atoms with Crippen LogP contribution in [0, 0.1) is 0 Å². The van der Waals surface area contributed by atoms with Crippen molar-refractivity contribution in [1.29, 1.82) is 0 Å². The normalized spacial score (nSPS) is 12.3. The first-order chi connectivity index (χ1) is 6.67. The standard InChI is InChI=1S/C10H15NO3/c1-7(12)4-8-5-10(14-3)11-6-9(8)13-2/h5-7,12H,4H2,1-3H3. The van der Waals surface area contributed by atoms with Crippen molar-refractivity contribution < 1.29 is 14.6 Å². The van der Waals surface area contributed by atoms with Crippen molar-refractivity contribution in [3.8, 4) is 11.6 Å². The summed E-state index contributed by atoms with van der Waals surface area (Å²) in [5.41, 5.74) is 0.898. The molecule has 0 spiro atoms. The summed E-state index contributed by atoms with van der Waals surface area (Å²) in [5.74, 6) is 1.20. The molecule has 1 aromatic heterocycles. The van der Waals surface area contributed by atoms with Gasteiger partial charge in [0, 0.05) is 18.1 Å². The molecule has 0 aliphatic carbocycles. The maximum atomic E-state index is 9.27. The highest BCUT2D eigenvalue weighted by Gasteiger charge is 2.08. The van der Waals surface area contributed by atoms with Crippen LogP contribution in [0.2, 0.25) is 0 Å². The lowest BCUT2D eigenvalue weighted by Crippen LogP contribution is -2.06. The molecule has 14 heavy (non-hydrogen) atoms. The van der Waals surface area contributed by atoms with E-state index < -0.39 is 6.10 Å². The molecule has 0 saturated heterocycles. The van der Waals surface area contributed by atoms with Gasteiger partial charge in [-0.3, -0.25) is 0 Å². The second-order valence-electron chi connectivity index (χ2n) is 3.09. The second kappa shape index (κ2) is 4.81. The number of aliphatic hydroxyl groups excluding tert-OH is 1. The van der Waals surface area contributed by atoms with Gasteiger partial charge in [-0.1, -0.05) is 0 Å². The van der Waals surface area contributed by atoms with E-state index in [1.807, 2.05) is 0 Å². The van der Waals surface area contributed by atoms with E-state index in [4.69, 9.17) is 9.47 Å². The Bertz CT molecular complexity index is 299. The molecule has 1 heterocycles. The van der Waals surface area contributed by atoms with Gasteiger partial charge in [0.2, 0.25) is 5.88 Å². The highest BCUT2D eigenvalue weighted by Crippen LogP contribution is 2.22. The number of pyridine rings is 1. The Balaban J connectivity index is 2.96. The fraction of sp³-hybridized carbons (Fsp3) is 0.500. The van der Waals surface area contributed by atoms with Crippen LogP contribution in [-0.4, -0.2) is 30.4 Å². The molecule has 1 rings (SSSR count). The molecule has 0 radical (unpaired) electrons. The molecular weight excluding hydrogens is 182 g/mol. The van der Waals surface area contributed by atoms with Gasteiger partial charge < -0.3 is 14.6 Å². The zero-order chi connectivity index (χ0) is 10.6. The van der Waals surface area contributed by atoms with Gasteiger partial charge in [-0.15, -0.1) is 0 Å². The molecule has 0 bridgehead atoms. The van der Waals surface area contributed by atoms with Crippen LogP contribution in [0.3, 0.4) is 0 Å². The summed E-state index contributed by atoms with van der Waals surface area (Å²) in [4.78, 5) is 4.01. The SMILES string of the molecule is COc1cc(CC(C)O)c(OC)cn1. The topological polar surface area (TPSA) is 51.6 Å². The first kappa shape index (κ1) is 10.8. The summed E-state index contributed by atoms with van der Waals surface area (Å²) in [7, 11) is 3.13. The minimum Gasteiger partial charge on any atom is -0.495 e. The Labute approximate surface area is 83.5 Å². The molecule has 1 unspecified atom stereocenters. The molecule has 0 aliphatic heterocycles. The summed E-state index contributed by atoms with van der Waals surface area (Å²) in [6.45, 7) is 1.73. The van der Waals surface area contributed by atoms with Gasteiger partial charge in [-0.05, 0) is 6.92 Å². The van der Waals surface area contributed by atoms with Gasteiger partial charge in [0.1, 0.15) is 5.75 Å². The third-order valence-corrected chi connectivity index (χ3v) is 1.87. The number of ether oxygens (including phenoxy) is 2. The molecule has 78 valence electrons. The number of hydrogen-bond acceptors (Lipinski definition) is 4. The molecule has 0 fully saturated rings. The minimum atomic E-state index is -0.406. The van der Waals surface area contributed by atoms with E-state index in [1.54, 1.807) is 33.4 Å². The molecule has 0 aliphatic rings. The van der Waals surface area contributed by atoms with Crippen LogP contribution < -0.4 is 9.47 Å². The zero-order valence-corrected chi connectivity index (χ0v) is 8.65. The first-order valence-corrected chi connectivity index (χ1v) is 4.42. The minimum absolute atomic E-state index is 0.406. The number of aliphatic hydroxyl groups is 1. The van der Waals surface area contributed by atoms with Crippen LogP contribution >= 0.6 is 0 Å². The number of aromatic nitrogens is 1. The van der Waals surface area contributed by atoms with Crippen molar-refractivity contribution in [2.75, 3.05) is 14.2 Å². The summed E-state index contributed by atoms with van der Waals surface area (Å²) in [6, 6.07) is 1.77. The Morgan fingerprint density at radius 3 is 2.64 bits per heavy atom. The van der Waals surface area contributed by atoms with Crippen molar-refractivity contribution in [2.45, 2.75) is 19.4 Å². The fourth-order valence-electron chi connectivity index (χ4n) is 1.24. The third-order valence-electron chi connectivity index (χ3n) is 1.87. The average molecular weight is 197 g/mol. The number of hydrogen-bond donors (Lipinski definition) is 1. The summed E-state index contributed by atoms with van der Waals surface area (Å²) in [5, 5.41) is 9.27.